The second-order valence-corrected chi connectivity index (χ2v) is 6.26. The van der Waals surface area contributed by atoms with E-state index in [0.717, 1.165) is 12.8 Å². The Kier molecular flexibility index (Phi) is 7.64. The van der Waals surface area contributed by atoms with E-state index in [9.17, 15) is 9.90 Å². The van der Waals surface area contributed by atoms with Crippen molar-refractivity contribution in [1.82, 2.24) is 0 Å². The highest BCUT2D eigenvalue weighted by atomic mass is 16.5. The first-order chi connectivity index (χ1) is 12.2. The molecule has 0 unspecified atom stereocenters. The molecular weight excluding hydrogens is 320 g/mol. The summed E-state index contributed by atoms with van der Waals surface area (Å²) in [5.41, 5.74) is -0.309. The SMILES string of the molecule is CCCCCCCCCCOc1c(OC)c2ccc(O)cc2oc1=O. The molecule has 0 radical (unpaired) electrons. The predicted molar refractivity (Wildman–Crippen MR) is 98.8 cm³/mol. The van der Waals surface area contributed by atoms with Crippen LogP contribution in [0.1, 0.15) is 58.3 Å². The van der Waals surface area contributed by atoms with E-state index in [-0.39, 0.29) is 17.1 Å². The molecule has 138 valence electrons. The minimum absolute atomic E-state index is 0.0327. The lowest BCUT2D eigenvalue weighted by atomic mass is 10.1. The van der Waals surface area contributed by atoms with E-state index >= 15 is 0 Å². The maximum absolute atomic E-state index is 12.1. The van der Waals surface area contributed by atoms with Crippen LogP contribution in [-0.4, -0.2) is 18.8 Å². The molecule has 5 heteroatoms. The van der Waals surface area contributed by atoms with Gasteiger partial charge in [0.15, 0.2) is 5.75 Å². The summed E-state index contributed by atoms with van der Waals surface area (Å²) in [7, 11) is 1.49. The first kappa shape index (κ1) is 19.2. The molecule has 1 heterocycles. The number of methoxy groups -OCH3 is 1. The van der Waals surface area contributed by atoms with Crippen molar-refractivity contribution < 1.29 is 19.0 Å². The number of benzene rings is 1. The van der Waals surface area contributed by atoms with Gasteiger partial charge in [-0.25, -0.2) is 4.79 Å². The topological polar surface area (TPSA) is 68.9 Å². The van der Waals surface area contributed by atoms with Crippen molar-refractivity contribution in [1.29, 1.82) is 0 Å². The summed E-state index contributed by atoms with van der Waals surface area (Å²) in [5, 5.41) is 10.1. The Bertz CT molecular complexity index is 720. The lowest BCUT2D eigenvalue weighted by molar-refractivity contribution is 0.272. The van der Waals surface area contributed by atoms with E-state index in [2.05, 4.69) is 6.92 Å². The third-order valence-corrected chi connectivity index (χ3v) is 4.25. The third kappa shape index (κ3) is 5.41. The number of rotatable bonds is 11. The van der Waals surface area contributed by atoms with Crippen LogP contribution in [0.3, 0.4) is 0 Å². The first-order valence-corrected chi connectivity index (χ1v) is 9.14. The molecule has 1 aromatic heterocycles. The Hall–Kier alpha value is -2.17. The number of hydrogen-bond donors (Lipinski definition) is 1. The average molecular weight is 348 g/mol. The molecule has 0 bridgehead atoms. The van der Waals surface area contributed by atoms with Gasteiger partial charge in [0, 0.05) is 6.07 Å². The second-order valence-electron chi connectivity index (χ2n) is 6.26. The van der Waals surface area contributed by atoms with Crippen LogP contribution in [-0.2, 0) is 0 Å². The summed E-state index contributed by atoms with van der Waals surface area (Å²) in [6.45, 7) is 2.68. The lowest BCUT2D eigenvalue weighted by Crippen LogP contribution is -2.10. The minimum Gasteiger partial charge on any atom is -0.508 e. The molecule has 1 aromatic carbocycles. The summed E-state index contributed by atoms with van der Waals surface area (Å²) in [6.07, 6.45) is 9.62. The maximum Gasteiger partial charge on any atom is 0.383 e. The van der Waals surface area contributed by atoms with Crippen LogP contribution in [0.5, 0.6) is 17.2 Å². The molecule has 0 atom stereocenters. The van der Waals surface area contributed by atoms with Crippen LogP contribution in [0.4, 0.5) is 0 Å². The van der Waals surface area contributed by atoms with Crippen molar-refractivity contribution in [2.24, 2.45) is 0 Å². The van der Waals surface area contributed by atoms with Crippen LogP contribution in [0, 0.1) is 0 Å². The van der Waals surface area contributed by atoms with Crippen molar-refractivity contribution in [3.63, 3.8) is 0 Å². The van der Waals surface area contributed by atoms with E-state index in [1.54, 1.807) is 6.07 Å². The highest BCUT2D eigenvalue weighted by Crippen LogP contribution is 2.34. The van der Waals surface area contributed by atoms with Crippen molar-refractivity contribution >= 4 is 11.0 Å². The zero-order valence-corrected chi connectivity index (χ0v) is 15.2. The summed E-state index contributed by atoms with van der Waals surface area (Å²) >= 11 is 0. The van der Waals surface area contributed by atoms with Gasteiger partial charge in [0.1, 0.15) is 11.3 Å². The van der Waals surface area contributed by atoms with Crippen LogP contribution in [0.25, 0.3) is 11.0 Å². The van der Waals surface area contributed by atoms with E-state index in [1.807, 2.05) is 0 Å². The molecule has 0 fully saturated rings. The second kappa shape index (κ2) is 9.97. The van der Waals surface area contributed by atoms with Crippen LogP contribution in [0.2, 0.25) is 0 Å². The Morgan fingerprint density at radius 1 is 1.00 bits per heavy atom. The molecule has 0 aliphatic heterocycles. The molecule has 0 aliphatic rings. The van der Waals surface area contributed by atoms with Gasteiger partial charge in [0.05, 0.1) is 19.1 Å². The van der Waals surface area contributed by atoms with Crippen molar-refractivity contribution in [2.45, 2.75) is 58.3 Å². The minimum atomic E-state index is -0.588. The zero-order chi connectivity index (χ0) is 18.1. The smallest absolute Gasteiger partial charge is 0.383 e. The lowest BCUT2D eigenvalue weighted by Gasteiger charge is -2.11. The van der Waals surface area contributed by atoms with Gasteiger partial charge in [-0.15, -0.1) is 0 Å². The fourth-order valence-corrected chi connectivity index (χ4v) is 2.88. The van der Waals surface area contributed by atoms with E-state index in [0.29, 0.717) is 17.7 Å². The van der Waals surface area contributed by atoms with E-state index < -0.39 is 5.63 Å². The maximum atomic E-state index is 12.1. The van der Waals surface area contributed by atoms with Gasteiger partial charge in [-0.2, -0.15) is 0 Å². The number of unbranched alkanes of at least 4 members (excludes halogenated alkanes) is 7. The number of aromatic hydroxyl groups is 1. The Morgan fingerprint density at radius 3 is 2.36 bits per heavy atom. The highest BCUT2D eigenvalue weighted by molar-refractivity contribution is 5.86. The number of hydrogen-bond acceptors (Lipinski definition) is 5. The van der Waals surface area contributed by atoms with Gasteiger partial charge in [0.2, 0.25) is 5.75 Å². The fraction of sp³-hybridized carbons (Fsp3) is 0.550. The summed E-state index contributed by atoms with van der Waals surface area (Å²) in [5.74, 6) is 0.486. The molecule has 0 aliphatic carbocycles. The number of fused-ring (bicyclic) bond motifs is 1. The summed E-state index contributed by atoms with van der Waals surface area (Å²) in [4.78, 5) is 12.1. The third-order valence-electron chi connectivity index (χ3n) is 4.25. The quantitative estimate of drug-likeness (QED) is 0.456. The Morgan fingerprint density at radius 2 is 1.68 bits per heavy atom. The van der Waals surface area contributed by atoms with Gasteiger partial charge < -0.3 is 19.0 Å². The average Bonchev–Trinajstić information content (AvgIpc) is 2.60. The normalized spacial score (nSPS) is 11.0. The largest absolute Gasteiger partial charge is 0.508 e. The molecule has 2 rings (SSSR count). The molecule has 25 heavy (non-hydrogen) atoms. The molecule has 0 saturated heterocycles. The van der Waals surface area contributed by atoms with Gasteiger partial charge in [-0.05, 0) is 18.6 Å². The molecule has 0 saturated carbocycles. The van der Waals surface area contributed by atoms with Gasteiger partial charge in [0.25, 0.3) is 0 Å². The molecule has 5 nitrogen and oxygen atoms in total. The standard InChI is InChI=1S/C20H28O5/c1-3-4-5-6-7-8-9-10-13-24-19-18(23-2)16-12-11-15(21)14-17(16)25-20(19)22/h11-12,14,21H,3-10,13H2,1-2H3. The molecule has 0 spiro atoms. The van der Waals surface area contributed by atoms with Crippen molar-refractivity contribution in [2.75, 3.05) is 13.7 Å². The Balaban J connectivity index is 1.89. The first-order valence-electron chi connectivity index (χ1n) is 9.14. The molecule has 1 N–H and O–H groups in total. The van der Waals surface area contributed by atoms with Crippen LogP contribution < -0.4 is 15.1 Å². The van der Waals surface area contributed by atoms with Gasteiger partial charge >= 0.3 is 5.63 Å². The van der Waals surface area contributed by atoms with Crippen LogP contribution in [0.15, 0.2) is 27.4 Å². The predicted octanol–water partition coefficient (Wildman–Crippen LogP) is 5.03. The monoisotopic (exact) mass is 348 g/mol. The number of phenols is 1. The molecular formula is C20H28O5. The number of phenolic OH excluding ortho intramolecular Hbond substituents is 1. The van der Waals surface area contributed by atoms with E-state index in [1.165, 1.54) is 57.8 Å². The molecule has 0 amide bonds. The number of ether oxygens (including phenoxy) is 2. The highest BCUT2D eigenvalue weighted by Gasteiger charge is 2.17. The van der Waals surface area contributed by atoms with Crippen LogP contribution >= 0.6 is 0 Å². The van der Waals surface area contributed by atoms with Crippen molar-refractivity contribution in [3.05, 3.63) is 28.6 Å². The Labute approximate surface area is 148 Å². The van der Waals surface area contributed by atoms with Crippen molar-refractivity contribution in [3.8, 4) is 17.2 Å². The molecule has 2 aromatic rings. The summed E-state index contributed by atoms with van der Waals surface area (Å²) in [6, 6.07) is 4.56. The summed E-state index contributed by atoms with van der Waals surface area (Å²) < 4.78 is 16.2. The van der Waals surface area contributed by atoms with Gasteiger partial charge in [-0.1, -0.05) is 51.9 Å². The van der Waals surface area contributed by atoms with E-state index in [4.69, 9.17) is 13.9 Å². The fourth-order valence-electron chi connectivity index (χ4n) is 2.88. The van der Waals surface area contributed by atoms with Gasteiger partial charge in [-0.3, -0.25) is 0 Å². The zero-order valence-electron chi connectivity index (χ0n) is 15.2.